The third-order valence-corrected chi connectivity index (χ3v) is 7.69. The summed E-state index contributed by atoms with van der Waals surface area (Å²) < 4.78 is 16.1. The number of benzene rings is 3. The van der Waals surface area contributed by atoms with Crippen LogP contribution in [0.4, 0.5) is 4.39 Å². The van der Waals surface area contributed by atoms with Crippen molar-refractivity contribution in [2.75, 3.05) is 26.2 Å². The molecule has 0 saturated carbocycles. The zero-order valence-corrected chi connectivity index (χ0v) is 24.2. The zero-order chi connectivity index (χ0) is 31.1. The molecule has 11 heteroatoms. The Hall–Kier alpha value is -5.06. The number of amides is 3. The Balaban J connectivity index is 1.29. The van der Waals surface area contributed by atoms with Crippen LogP contribution in [-0.4, -0.2) is 63.5 Å². The Morgan fingerprint density at radius 1 is 0.909 bits per heavy atom. The molecule has 1 aliphatic rings. The van der Waals surface area contributed by atoms with Crippen LogP contribution in [0, 0.1) is 5.82 Å². The third kappa shape index (κ3) is 7.28. The smallest absolute Gasteiger partial charge is 0.261 e. The van der Waals surface area contributed by atoms with Gasteiger partial charge >= 0.3 is 0 Å². The number of aryl methyl sites for hydroxylation is 1. The molecule has 0 unspecified atom stereocenters. The molecule has 3 amide bonds. The molecule has 1 aliphatic heterocycles. The first-order valence-corrected chi connectivity index (χ1v) is 14.7. The first-order chi connectivity index (χ1) is 21.3. The Labute approximate surface area is 253 Å². The molecular weight excluding hydrogens is 565 g/mol. The van der Waals surface area contributed by atoms with Gasteiger partial charge in [-0.15, -0.1) is 0 Å². The highest BCUT2D eigenvalue weighted by Crippen LogP contribution is 2.31. The molecule has 0 aliphatic carbocycles. The summed E-state index contributed by atoms with van der Waals surface area (Å²) >= 11 is 0. The fourth-order valence-corrected chi connectivity index (χ4v) is 5.27. The van der Waals surface area contributed by atoms with Crippen molar-refractivity contribution in [2.45, 2.75) is 38.6 Å². The van der Waals surface area contributed by atoms with Gasteiger partial charge in [-0.3, -0.25) is 23.7 Å². The van der Waals surface area contributed by atoms with E-state index in [0.717, 1.165) is 5.56 Å². The number of carbonyl (C=O) groups is 3. The first-order valence-electron chi connectivity index (χ1n) is 14.7. The van der Waals surface area contributed by atoms with Crippen molar-refractivity contribution in [1.82, 2.24) is 25.1 Å². The SMILES string of the molecule is O=C1CCCN(C(=O)CCn2cnc3ccccc3c2=O)CCCNC(=O)c2cc(ccc2F)-c2cc(ccc2O)CCN1. The van der Waals surface area contributed by atoms with Gasteiger partial charge in [0, 0.05) is 51.1 Å². The van der Waals surface area contributed by atoms with Gasteiger partial charge in [0.25, 0.3) is 11.5 Å². The second-order valence-corrected chi connectivity index (χ2v) is 10.8. The Morgan fingerprint density at radius 2 is 1.73 bits per heavy atom. The van der Waals surface area contributed by atoms with Gasteiger partial charge in [-0.1, -0.05) is 24.3 Å². The standard InChI is InChI=1S/C33H34FN5O5/c34-27-10-9-23-20-26(27)32(43)36-14-4-17-38(16-3-7-30(41)35-15-12-22-8-11-29(40)25(23)19-22)31(42)13-18-39-21-37-28-6-2-1-5-24(28)33(39)44/h1-2,5-6,8-11,19-21,40H,3-4,7,12-18H2,(H,35,41)(H,36,43). The minimum absolute atomic E-state index is 0.00634. The number of nitrogens with zero attached hydrogens (tertiary/aromatic N) is 3. The summed E-state index contributed by atoms with van der Waals surface area (Å²) in [4.78, 5) is 57.5. The largest absolute Gasteiger partial charge is 0.507 e. The van der Waals surface area contributed by atoms with Crippen molar-refractivity contribution in [2.24, 2.45) is 0 Å². The predicted molar refractivity (Wildman–Crippen MR) is 164 cm³/mol. The Morgan fingerprint density at radius 3 is 2.59 bits per heavy atom. The van der Waals surface area contributed by atoms with Crippen LogP contribution < -0.4 is 16.2 Å². The van der Waals surface area contributed by atoms with E-state index in [1.165, 1.54) is 35.2 Å². The fraction of sp³-hybridized carbons (Fsp3) is 0.303. The molecule has 0 fully saturated rings. The van der Waals surface area contributed by atoms with Gasteiger partial charge < -0.3 is 20.6 Å². The third-order valence-electron chi connectivity index (χ3n) is 7.69. The average molecular weight is 600 g/mol. The summed E-state index contributed by atoms with van der Waals surface area (Å²) in [5.74, 6) is -1.63. The topological polar surface area (TPSA) is 134 Å². The molecular formula is C33H34FN5O5. The Kier molecular flexibility index (Phi) is 9.63. The summed E-state index contributed by atoms with van der Waals surface area (Å²) in [5.41, 5.74) is 1.99. The molecule has 0 saturated heterocycles. The van der Waals surface area contributed by atoms with Crippen LogP contribution in [0.25, 0.3) is 22.0 Å². The average Bonchev–Trinajstić information content (AvgIpc) is 3.02. The molecule has 1 aromatic heterocycles. The summed E-state index contributed by atoms with van der Waals surface area (Å²) in [7, 11) is 0. The molecule has 3 aromatic carbocycles. The van der Waals surface area contributed by atoms with E-state index in [4.69, 9.17) is 0 Å². The van der Waals surface area contributed by atoms with E-state index >= 15 is 0 Å². The maximum Gasteiger partial charge on any atom is 0.261 e. The quantitative estimate of drug-likeness (QED) is 0.331. The Bertz CT molecular complexity index is 1750. The number of phenols is 1. The maximum atomic E-state index is 14.7. The van der Waals surface area contributed by atoms with Gasteiger partial charge in [0.2, 0.25) is 11.8 Å². The lowest BCUT2D eigenvalue weighted by Gasteiger charge is -2.23. The van der Waals surface area contributed by atoms with E-state index in [9.17, 15) is 28.7 Å². The van der Waals surface area contributed by atoms with E-state index in [0.29, 0.717) is 60.9 Å². The number of halogens is 1. The number of para-hydroxylation sites is 1. The van der Waals surface area contributed by atoms with Crippen molar-refractivity contribution in [3.05, 3.63) is 94.3 Å². The number of rotatable bonds is 3. The van der Waals surface area contributed by atoms with Gasteiger partial charge in [0.1, 0.15) is 11.6 Å². The van der Waals surface area contributed by atoms with Crippen LogP contribution in [0.2, 0.25) is 0 Å². The van der Waals surface area contributed by atoms with Gasteiger partial charge in [-0.2, -0.15) is 0 Å². The molecule has 3 N–H and O–H groups in total. The number of carbonyl (C=O) groups excluding carboxylic acids is 3. The molecule has 4 aromatic rings. The van der Waals surface area contributed by atoms with Gasteiger partial charge in [0.05, 0.1) is 22.8 Å². The molecule has 0 radical (unpaired) electrons. The number of hydrogen-bond acceptors (Lipinski definition) is 6. The van der Waals surface area contributed by atoms with Crippen LogP contribution >= 0.6 is 0 Å². The first kappa shape index (κ1) is 30.4. The van der Waals surface area contributed by atoms with Crippen molar-refractivity contribution in [3.63, 3.8) is 0 Å². The maximum absolute atomic E-state index is 14.7. The van der Waals surface area contributed by atoms with Gasteiger partial charge in [-0.25, -0.2) is 9.37 Å². The predicted octanol–water partition coefficient (Wildman–Crippen LogP) is 3.40. The monoisotopic (exact) mass is 599 g/mol. The van der Waals surface area contributed by atoms with Crippen molar-refractivity contribution in [3.8, 4) is 16.9 Å². The molecule has 10 nitrogen and oxygen atoms in total. The summed E-state index contributed by atoms with van der Waals surface area (Å²) in [6.07, 6.45) is 3.04. The molecule has 0 spiro atoms. The molecule has 0 atom stereocenters. The fourth-order valence-electron chi connectivity index (χ4n) is 5.27. The summed E-state index contributed by atoms with van der Waals surface area (Å²) in [6, 6.07) is 16.2. The summed E-state index contributed by atoms with van der Waals surface area (Å²) in [6.45, 7) is 1.32. The van der Waals surface area contributed by atoms with E-state index in [2.05, 4.69) is 15.6 Å². The van der Waals surface area contributed by atoms with Crippen LogP contribution in [0.1, 0.15) is 41.6 Å². The number of nitrogens with one attached hydrogen (secondary N) is 2. The minimum Gasteiger partial charge on any atom is -0.507 e. The lowest BCUT2D eigenvalue weighted by Crippen LogP contribution is -2.37. The molecule has 2 heterocycles. The van der Waals surface area contributed by atoms with E-state index in [1.54, 1.807) is 41.3 Å². The molecule has 44 heavy (non-hydrogen) atoms. The van der Waals surface area contributed by atoms with E-state index in [-0.39, 0.29) is 54.6 Å². The number of aromatic nitrogens is 2. The highest BCUT2D eigenvalue weighted by Gasteiger charge is 2.18. The number of aromatic hydroxyl groups is 1. The second-order valence-electron chi connectivity index (χ2n) is 10.8. The second kappa shape index (κ2) is 13.9. The normalized spacial score (nSPS) is 15.1. The van der Waals surface area contributed by atoms with Gasteiger partial charge in [0.15, 0.2) is 0 Å². The molecule has 228 valence electrons. The number of fused-ring (bicyclic) bond motifs is 6. The zero-order valence-electron chi connectivity index (χ0n) is 24.2. The lowest BCUT2D eigenvalue weighted by atomic mass is 9.98. The van der Waals surface area contributed by atoms with Crippen molar-refractivity contribution >= 4 is 28.6 Å². The molecule has 4 bridgehead atoms. The summed E-state index contributed by atoms with van der Waals surface area (Å²) in [5, 5.41) is 16.6. The minimum atomic E-state index is -0.689. The lowest BCUT2D eigenvalue weighted by molar-refractivity contribution is -0.132. The van der Waals surface area contributed by atoms with Crippen molar-refractivity contribution < 1.29 is 23.9 Å². The molecule has 5 rings (SSSR count). The van der Waals surface area contributed by atoms with E-state index in [1.807, 2.05) is 0 Å². The van der Waals surface area contributed by atoms with E-state index < -0.39 is 11.7 Å². The van der Waals surface area contributed by atoms with Crippen LogP contribution in [-0.2, 0) is 22.6 Å². The number of phenolic OH excluding ortho intramolecular Hbond substituents is 1. The van der Waals surface area contributed by atoms with Crippen molar-refractivity contribution in [1.29, 1.82) is 0 Å². The van der Waals surface area contributed by atoms with Crippen LogP contribution in [0.3, 0.4) is 0 Å². The van der Waals surface area contributed by atoms with Crippen LogP contribution in [0.15, 0.2) is 71.8 Å². The van der Waals surface area contributed by atoms with Crippen LogP contribution in [0.5, 0.6) is 5.75 Å². The number of hydrogen-bond donors (Lipinski definition) is 3. The highest BCUT2D eigenvalue weighted by molar-refractivity contribution is 5.96. The van der Waals surface area contributed by atoms with Gasteiger partial charge in [-0.05, 0) is 66.8 Å². The highest BCUT2D eigenvalue weighted by atomic mass is 19.1.